The molecule has 0 aliphatic heterocycles. The molecular formula is C9H12BrNO. The highest BCUT2D eigenvalue weighted by molar-refractivity contribution is 9.10. The third-order valence-corrected chi connectivity index (χ3v) is 2.32. The van der Waals surface area contributed by atoms with E-state index in [1.165, 1.54) is 0 Å². The Kier molecular flexibility index (Phi) is 2.44. The molecule has 0 heterocycles. The summed E-state index contributed by atoms with van der Waals surface area (Å²) in [5.41, 5.74) is 6.17. The van der Waals surface area contributed by atoms with Crippen molar-refractivity contribution in [3.63, 3.8) is 0 Å². The van der Waals surface area contributed by atoms with Crippen molar-refractivity contribution in [2.24, 2.45) is 0 Å². The van der Waals surface area contributed by atoms with Crippen LogP contribution in [-0.2, 0) is 5.60 Å². The molecule has 0 atom stereocenters. The fourth-order valence-corrected chi connectivity index (χ4v) is 2.05. The lowest BCUT2D eigenvalue weighted by Gasteiger charge is -2.21. The second-order valence-corrected chi connectivity index (χ2v) is 4.12. The van der Waals surface area contributed by atoms with E-state index in [0.29, 0.717) is 5.69 Å². The fourth-order valence-electron chi connectivity index (χ4n) is 1.19. The monoisotopic (exact) mass is 229 g/mol. The standard InChI is InChI=1S/C9H12BrNO/c1-9(2,12)8-6(10)4-3-5-7(8)11/h3-5,12H,11H2,1-2H3. The van der Waals surface area contributed by atoms with E-state index in [-0.39, 0.29) is 0 Å². The van der Waals surface area contributed by atoms with Crippen LogP contribution in [0.3, 0.4) is 0 Å². The van der Waals surface area contributed by atoms with Gasteiger partial charge in [0.2, 0.25) is 0 Å². The number of hydrogen-bond donors (Lipinski definition) is 2. The van der Waals surface area contributed by atoms with Gasteiger partial charge >= 0.3 is 0 Å². The van der Waals surface area contributed by atoms with E-state index in [1.54, 1.807) is 19.9 Å². The Balaban J connectivity index is 3.31. The van der Waals surface area contributed by atoms with Gasteiger partial charge in [0.05, 0.1) is 5.60 Å². The molecule has 0 aromatic heterocycles. The Morgan fingerprint density at radius 3 is 2.33 bits per heavy atom. The van der Waals surface area contributed by atoms with E-state index >= 15 is 0 Å². The van der Waals surface area contributed by atoms with E-state index in [9.17, 15) is 5.11 Å². The third-order valence-electron chi connectivity index (χ3n) is 1.66. The van der Waals surface area contributed by atoms with Gasteiger partial charge in [0.25, 0.3) is 0 Å². The largest absolute Gasteiger partial charge is 0.398 e. The molecule has 2 nitrogen and oxygen atoms in total. The Morgan fingerprint density at radius 2 is 2.00 bits per heavy atom. The molecule has 0 spiro atoms. The maximum absolute atomic E-state index is 9.74. The topological polar surface area (TPSA) is 46.2 Å². The summed E-state index contributed by atoms with van der Waals surface area (Å²) in [6.45, 7) is 3.42. The van der Waals surface area contributed by atoms with Crippen molar-refractivity contribution in [2.45, 2.75) is 19.4 Å². The first kappa shape index (κ1) is 9.55. The summed E-state index contributed by atoms with van der Waals surface area (Å²) in [5, 5.41) is 9.74. The molecule has 1 aromatic carbocycles. The van der Waals surface area contributed by atoms with Gasteiger partial charge in [-0.1, -0.05) is 22.0 Å². The van der Waals surface area contributed by atoms with Crippen molar-refractivity contribution in [1.82, 2.24) is 0 Å². The number of rotatable bonds is 1. The van der Waals surface area contributed by atoms with Gasteiger partial charge in [-0.15, -0.1) is 0 Å². The molecule has 0 saturated heterocycles. The molecule has 0 bridgehead atoms. The summed E-state index contributed by atoms with van der Waals surface area (Å²) < 4.78 is 0.843. The molecule has 12 heavy (non-hydrogen) atoms. The van der Waals surface area contributed by atoms with Crippen molar-refractivity contribution < 1.29 is 5.11 Å². The molecule has 0 aliphatic rings. The van der Waals surface area contributed by atoms with E-state index in [0.717, 1.165) is 10.0 Å². The van der Waals surface area contributed by atoms with Crippen molar-refractivity contribution in [1.29, 1.82) is 0 Å². The lowest BCUT2D eigenvalue weighted by molar-refractivity contribution is 0.0786. The van der Waals surface area contributed by atoms with Gasteiger partial charge < -0.3 is 10.8 Å². The smallest absolute Gasteiger partial charge is 0.0871 e. The summed E-state index contributed by atoms with van der Waals surface area (Å²) in [5.74, 6) is 0. The summed E-state index contributed by atoms with van der Waals surface area (Å²) >= 11 is 3.34. The van der Waals surface area contributed by atoms with Crippen LogP contribution in [0.15, 0.2) is 22.7 Å². The van der Waals surface area contributed by atoms with Crippen LogP contribution in [0.5, 0.6) is 0 Å². The predicted octanol–water partition coefficient (Wildman–Crippen LogP) is 2.26. The van der Waals surface area contributed by atoms with Crippen LogP contribution in [-0.4, -0.2) is 5.11 Å². The first-order chi connectivity index (χ1) is 5.43. The lowest BCUT2D eigenvalue weighted by atomic mass is 9.97. The van der Waals surface area contributed by atoms with Crippen molar-refractivity contribution >= 4 is 21.6 Å². The molecule has 1 aromatic rings. The molecule has 0 fully saturated rings. The van der Waals surface area contributed by atoms with Crippen molar-refractivity contribution in [3.8, 4) is 0 Å². The maximum Gasteiger partial charge on any atom is 0.0871 e. The van der Waals surface area contributed by atoms with Crippen molar-refractivity contribution in [2.75, 3.05) is 5.73 Å². The third kappa shape index (κ3) is 1.79. The van der Waals surface area contributed by atoms with Crippen LogP contribution >= 0.6 is 15.9 Å². The highest BCUT2D eigenvalue weighted by Gasteiger charge is 2.21. The Labute approximate surface area is 80.5 Å². The van der Waals surface area contributed by atoms with E-state index in [2.05, 4.69) is 15.9 Å². The zero-order valence-corrected chi connectivity index (χ0v) is 8.72. The Hall–Kier alpha value is -0.540. The van der Waals surface area contributed by atoms with E-state index in [1.807, 2.05) is 12.1 Å². The number of anilines is 1. The highest BCUT2D eigenvalue weighted by atomic mass is 79.9. The number of nitrogens with two attached hydrogens (primary N) is 1. The van der Waals surface area contributed by atoms with Gasteiger partial charge in [-0.3, -0.25) is 0 Å². The highest BCUT2D eigenvalue weighted by Crippen LogP contribution is 2.32. The predicted molar refractivity (Wildman–Crippen MR) is 53.8 cm³/mol. The quantitative estimate of drug-likeness (QED) is 0.727. The second kappa shape index (κ2) is 3.07. The van der Waals surface area contributed by atoms with Gasteiger partial charge in [0.15, 0.2) is 0 Å². The fraction of sp³-hybridized carbons (Fsp3) is 0.333. The summed E-state index contributed by atoms with van der Waals surface area (Å²) in [4.78, 5) is 0. The first-order valence-electron chi connectivity index (χ1n) is 3.70. The molecule has 3 N–H and O–H groups in total. The van der Waals surface area contributed by atoms with Crippen LogP contribution in [0.2, 0.25) is 0 Å². The normalized spacial score (nSPS) is 11.7. The van der Waals surface area contributed by atoms with Crippen molar-refractivity contribution in [3.05, 3.63) is 28.2 Å². The van der Waals surface area contributed by atoms with Crippen LogP contribution in [0.4, 0.5) is 5.69 Å². The number of benzene rings is 1. The van der Waals surface area contributed by atoms with Gasteiger partial charge in [-0.25, -0.2) is 0 Å². The minimum absolute atomic E-state index is 0.608. The molecule has 0 aliphatic carbocycles. The molecule has 0 unspecified atom stereocenters. The van der Waals surface area contributed by atoms with Crippen LogP contribution < -0.4 is 5.73 Å². The maximum atomic E-state index is 9.74. The Bertz CT molecular complexity index is 271. The number of hydrogen-bond acceptors (Lipinski definition) is 2. The molecule has 1 rings (SSSR count). The second-order valence-electron chi connectivity index (χ2n) is 3.26. The lowest BCUT2D eigenvalue weighted by Crippen LogP contribution is -2.18. The summed E-state index contributed by atoms with van der Waals surface area (Å²) in [6.07, 6.45) is 0. The van der Waals surface area contributed by atoms with Gasteiger partial charge in [-0.2, -0.15) is 0 Å². The van der Waals surface area contributed by atoms with E-state index in [4.69, 9.17) is 5.73 Å². The minimum atomic E-state index is -0.899. The zero-order chi connectivity index (χ0) is 9.35. The SMILES string of the molecule is CC(C)(O)c1c(N)cccc1Br. The number of halogens is 1. The molecule has 0 amide bonds. The number of nitrogen functional groups attached to an aromatic ring is 1. The minimum Gasteiger partial charge on any atom is -0.398 e. The Morgan fingerprint density at radius 1 is 1.42 bits per heavy atom. The molecule has 3 heteroatoms. The van der Waals surface area contributed by atoms with E-state index < -0.39 is 5.60 Å². The summed E-state index contributed by atoms with van der Waals surface area (Å²) in [7, 11) is 0. The number of aliphatic hydroxyl groups is 1. The van der Waals surface area contributed by atoms with Gasteiger partial charge in [0.1, 0.15) is 0 Å². The van der Waals surface area contributed by atoms with Gasteiger partial charge in [0, 0.05) is 15.7 Å². The average molecular weight is 230 g/mol. The van der Waals surface area contributed by atoms with Crippen LogP contribution in [0.1, 0.15) is 19.4 Å². The summed E-state index contributed by atoms with van der Waals surface area (Å²) in [6, 6.07) is 5.48. The molecule has 66 valence electrons. The average Bonchev–Trinajstić information content (AvgIpc) is 1.82. The zero-order valence-electron chi connectivity index (χ0n) is 7.13. The first-order valence-corrected chi connectivity index (χ1v) is 4.49. The van der Waals surface area contributed by atoms with Crippen LogP contribution in [0, 0.1) is 0 Å². The van der Waals surface area contributed by atoms with Gasteiger partial charge in [-0.05, 0) is 26.0 Å². The molecule has 0 saturated carbocycles. The molecular weight excluding hydrogens is 218 g/mol. The molecule has 0 radical (unpaired) electrons. The van der Waals surface area contributed by atoms with Crippen LogP contribution in [0.25, 0.3) is 0 Å².